The Bertz CT molecular complexity index is 578. The van der Waals surface area contributed by atoms with Gasteiger partial charge in [-0.3, -0.25) is 9.59 Å². The lowest BCUT2D eigenvalue weighted by Gasteiger charge is -2.19. The Morgan fingerprint density at radius 3 is 2.92 bits per heavy atom. The first-order valence-corrected chi connectivity index (χ1v) is 10.0. The predicted molar refractivity (Wildman–Crippen MR) is 105 cm³/mol. The highest BCUT2D eigenvalue weighted by atomic mass is 32.2. The molecule has 1 heterocycles. The fourth-order valence-electron chi connectivity index (χ4n) is 2.82. The van der Waals surface area contributed by atoms with Gasteiger partial charge in [0, 0.05) is 37.1 Å². The van der Waals surface area contributed by atoms with E-state index >= 15 is 0 Å². The van der Waals surface area contributed by atoms with E-state index in [0.717, 1.165) is 25.9 Å². The second-order valence-electron chi connectivity index (χ2n) is 6.45. The second kappa shape index (κ2) is 10.3. The molecule has 0 atom stereocenters. The molecule has 6 heteroatoms. The van der Waals surface area contributed by atoms with Crippen LogP contribution >= 0.6 is 11.8 Å². The van der Waals surface area contributed by atoms with Crippen LogP contribution < -0.4 is 15.5 Å². The molecule has 1 aliphatic rings. The largest absolute Gasteiger partial charge is 0.371 e. The smallest absolute Gasteiger partial charge is 0.229 e. The molecule has 2 amide bonds. The molecule has 25 heavy (non-hydrogen) atoms. The molecule has 0 aromatic heterocycles. The molecule has 0 unspecified atom stereocenters. The van der Waals surface area contributed by atoms with Gasteiger partial charge in [0.25, 0.3) is 0 Å². The van der Waals surface area contributed by atoms with Crippen LogP contribution in [-0.2, 0) is 16.0 Å². The van der Waals surface area contributed by atoms with Gasteiger partial charge in [0.05, 0.1) is 12.2 Å². The Labute approximate surface area is 154 Å². The zero-order chi connectivity index (χ0) is 18.1. The Morgan fingerprint density at radius 2 is 2.12 bits per heavy atom. The fourth-order valence-corrected chi connectivity index (χ4v) is 3.49. The highest BCUT2D eigenvalue weighted by Crippen LogP contribution is 2.27. The summed E-state index contributed by atoms with van der Waals surface area (Å²) in [6.07, 6.45) is 3.64. The van der Waals surface area contributed by atoms with Gasteiger partial charge in [0.2, 0.25) is 11.8 Å². The maximum Gasteiger partial charge on any atom is 0.229 e. The van der Waals surface area contributed by atoms with Crippen molar-refractivity contribution in [3.05, 3.63) is 36.2 Å². The number of para-hydroxylation sites is 1. The first kappa shape index (κ1) is 19.6. The number of thioether (sulfide) groups is 1. The minimum atomic E-state index is -0.0752. The topological polar surface area (TPSA) is 61.4 Å². The molecule has 0 saturated carbocycles. The van der Waals surface area contributed by atoms with E-state index in [2.05, 4.69) is 39.8 Å². The van der Waals surface area contributed by atoms with Gasteiger partial charge in [0.15, 0.2) is 0 Å². The number of anilines is 1. The number of carbonyl (C=O) groups excluding carboxylic acids is 2. The second-order valence-corrected chi connectivity index (χ2v) is 7.48. The summed E-state index contributed by atoms with van der Waals surface area (Å²) < 4.78 is 0. The number of nitrogens with one attached hydrogen (secondary N) is 2. The van der Waals surface area contributed by atoms with Crippen molar-refractivity contribution in [3.8, 4) is 0 Å². The predicted octanol–water partition coefficient (Wildman–Crippen LogP) is 2.02. The van der Waals surface area contributed by atoms with Crippen molar-refractivity contribution in [2.45, 2.75) is 32.7 Å². The van der Waals surface area contributed by atoms with E-state index in [-0.39, 0.29) is 17.9 Å². The van der Waals surface area contributed by atoms with Gasteiger partial charge in [-0.25, -0.2) is 0 Å². The molecule has 137 valence electrons. The van der Waals surface area contributed by atoms with Crippen LogP contribution in [0.4, 0.5) is 5.69 Å². The normalized spacial score (nSPS) is 13.0. The quantitative estimate of drug-likeness (QED) is 0.625. The Kier molecular flexibility index (Phi) is 8.12. The third-order valence-electron chi connectivity index (χ3n) is 3.96. The number of carbonyl (C=O) groups is 2. The maximum absolute atomic E-state index is 11.8. The van der Waals surface area contributed by atoms with E-state index in [0.29, 0.717) is 18.1 Å². The van der Waals surface area contributed by atoms with Gasteiger partial charge in [-0.15, -0.1) is 0 Å². The highest BCUT2D eigenvalue weighted by Gasteiger charge is 2.17. The molecule has 0 fully saturated rings. The Hall–Kier alpha value is -1.69. The van der Waals surface area contributed by atoms with E-state index in [1.807, 2.05) is 13.8 Å². The molecule has 1 aliphatic heterocycles. The maximum atomic E-state index is 11.8. The van der Waals surface area contributed by atoms with Crippen LogP contribution in [0.3, 0.4) is 0 Å². The zero-order valence-electron chi connectivity index (χ0n) is 15.1. The number of hydrogen-bond donors (Lipinski definition) is 2. The lowest BCUT2D eigenvalue weighted by molar-refractivity contribution is -0.119. The average Bonchev–Trinajstić information content (AvgIpc) is 2.98. The van der Waals surface area contributed by atoms with Gasteiger partial charge in [-0.05, 0) is 38.3 Å². The minimum Gasteiger partial charge on any atom is -0.371 e. The van der Waals surface area contributed by atoms with E-state index in [1.165, 1.54) is 23.0 Å². The summed E-state index contributed by atoms with van der Waals surface area (Å²) in [5, 5.41) is 5.74. The molecule has 5 nitrogen and oxygen atoms in total. The van der Waals surface area contributed by atoms with Gasteiger partial charge in [-0.2, -0.15) is 11.8 Å². The number of amides is 2. The Morgan fingerprint density at radius 1 is 1.32 bits per heavy atom. The number of benzene rings is 1. The summed E-state index contributed by atoms with van der Waals surface area (Å²) in [4.78, 5) is 25.6. The molecule has 1 aromatic rings. The van der Waals surface area contributed by atoms with Crippen LogP contribution in [0.1, 0.15) is 25.8 Å². The summed E-state index contributed by atoms with van der Waals surface area (Å²) in [5.41, 5.74) is 2.75. The van der Waals surface area contributed by atoms with E-state index in [4.69, 9.17) is 0 Å². The molecular weight excluding hydrogens is 334 g/mol. The van der Waals surface area contributed by atoms with Crippen LogP contribution in [-0.4, -0.2) is 49.0 Å². The highest BCUT2D eigenvalue weighted by molar-refractivity contribution is 8.00. The standard InChI is InChI=1S/C19H28N3O2S/c1-15(2)21-18(23)9-13-25-14-19(24)20-10-5-11-22-12-8-16-6-3-4-7-17(16)22/h3-4,6-7,9,15H,5,8,10-14H2,1-2H3,(H,20,24)(H,21,23). The van der Waals surface area contributed by atoms with E-state index in [9.17, 15) is 9.59 Å². The third kappa shape index (κ3) is 6.98. The molecule has 2 rings (SSSR count). The van der Waals surface area contributed by atoms with Crippen molar-refractivity contribution in [1.82, 2.24) is 10.6 Å². The lowest BCUT2D eigenvalue weighted by atomic mass is 10.2. The van der Waals surface area contributed by atoms with Crippen molar-refractivity contribution in [3.63, 3.8) is 0 Å². The van der Waals surface area contributed by atoms with Crippen LogP contribution in [0.15, 0.2) is 24.3 Å². The van der Waals surface area contributed by atoms with Crippen LogP contribution in [0.5, 0.6) is 0 Å². The average molecular weight is 363 g/mol. The number of rotatable bonds is 10. The molecule has 0 saturated heterocycles. The first-order chi connectivity index (χ1) is 12.1. The van der Waals surface area contributed by atoms with Gasteiger partial charge < -0.3 is 15.5 Å². The zero-order valence-corrected chi connectivity index (χ0v) is 15.9. The van der Waals surface area contributed by atoms with E-state index < -0.39 is 0 Å². The fraction of sp³-hybridized carbons (Fsp3) is 0.526. The molecule has 0 spiro atoms. The lowest BCUT2D eigenvalue weighted by Crippen LogP contribution is -2.31. The van der Waals surface area contributed by atoms with Gasteiger partial charge in [0.1, 0.15) is 0 Å². The summed E-state index contributed by atoms with van der Waals surface area (Å²) in [6, 6.07) is 8.66. The van der Waals surface area contributed by atoms with Crippen LogP contribution in [0.25, 0.3) is 0 Å². The summed E-state index contributed by atoms with van der Waals surface area (Å²) >= 11 is 1.45. The molecule has 0 bridgehead atoms. The third-order valence-corrected chi connectivity index (χ3v) is 4.83. The number of hydrogen-bond acceptors (Lipinski definition) is 4. The molecule has 1 aromatic carbocycles. The molecule has 1 radical (unpaired) electrons. The molecular formula is C19H28N3O2S. The molecule has 2 N–H and O–H groups in total. The van der Waals surface area contributed by atoms with Crippen molar-refractivity contribution < 1.29 is 9.59 Å². The number of fused-ring (bicyclic) bond motifs is 1. The van der Waals surface area contributed by atoms with E-state index in [1.54, 1.807) is 6.42 Å². The Balaban J connectivity index is 1.51. The molecule has 0 aliphatic carbocycles. The summed E-state index contributed by atoms with van der Waals surface area (Å²) in [7, 11) is 0. The van der Waals surface area contributed by atoms with Crippen LogP contribution in [0.2, 0.25) is 0 Å². The van der Waals surface area contributed by atoms with Crippen molar-refractivity contribution >= 4 is 29.3 Å². The monoisotopic (exact) mass is 362 g/mol. The minimum absolute atomic E-state index is 0.0319. The SMILES string of the molecule is CC(C)NC(=O)[CH]CSCC(=O)NCCCN1CCc2ccccc21. The van der Waals surface area contributed by atoms with Crippen molar-refractivity contribution in [1.29, 1.82) is 0 Å². The van der Waals surface area contributed by atoms with Gasteiger partial charge in [-0.1, -0.05) is 18.2 Å². The van der Waals surface area contributed by atoms with Gasteiger partial charge >= 0.3 is 0 Å². The number of nitrogens with zero attached hydrogens (tertiary/aromatic N) is 1. The summed E-state index contributed by atoms with van der Waals surface area (Å²) in [6.45, 7) is 6.57. The van der Waals surface area contributed by atoms with Crippen molar-refractivity contribution in [2.75, 3.05) is 36.0 Å². The van der Waals surface area contributed by atoms with Crippen molar-refractivity contribution in [2.24, 2.45) is 0 Å². The van der Waals surface area contributed by atoms with Crippen LogP contribution in [0, 0.1) is 6.42 Å². The summed E-state index contributed by atoms with van der Waals surface area (Å²) in [5.74, 6) is 0.896. The first-order valence-electron chi connectivity index (χ1n) is 8.87.